The molecule has 8 rings (SSSR count). The number of aromatic nitrogens is 4. The van der Waals surface area contributed by atoms with Crippen LogP contribution >= 0.6 is 0 Å². The van der Waals surface area contributed by atoms with Gasteiger partial charge in [-0.2, -0.15) is 28.2 Å². The summed E-state index contributed by atoms with van der Waals surface area (Å²) in [6, 6.07) is 5.66. The molecule has 4 aliphatic heterocycles. The fraction of sp³-hybridized carbons (Fsp3) is 0.500. The van der Waals surface area contributed by atoms with Crippen molar-refractivity contribution in [2.24, 2.45) is 0 Å². The number of anilines is 1. The molecule has 4 aliphatic rings. The first-order valence-corrected chi connectivity index (χ1v) is 14.7. The van der Waals surface area contributed by atoms with E-state index in [4.69, 9.17) is 9.72 Å². The van der Waals surface area contributed by atoms with Crippen LogP contribution in [0.5, 0.6) is 6.01 Å². The fourth-order valence-electron chi connectivity index (χ4n) is 7.71. The summed E-state index contributed by atoms with van der Waals surface area (Å²) in [4.78, 5) is 13.4. The minimum absolute atomic E-state index is 0.0620. The first-order chi connectivity index (χ1) is 20.7. The van der Waals surface area contributed by atoms with Gasteiger partial charge in [0.2, 0.25) is 0 Å². The van der Waals surface area contributed by atoms with E-state index >= 15 is 4.39 Å². The molecule has 0 amide bonds. The second-order valence-electron chi connectivity index (χ2n) is 12.4. The Hall–Kier alpha value is -3.58. The number of fused-ring (bicyclic) bond motifs is 5. The maximum atomic E-state index is 16.5. The van der Waals surface area contributed by atoms with Gasteiger partial charge < -0.3 is 15.0 Å². The van der Waals surface area contributed by atoms with Crippen molar-refractivity contribution in [2.75, 3.05) is 37.7 Å². The van der Waals surface area contributed by atoms with Crippen molar-refractivity contribution < 1.29 is 26.7 Å². The van der Waals surface area contributed by atoms with E-state index in [1.54, 1.807) is 6.07 Å². The summed E-state index contributed by atoms with van der Waals surface area (Å²) in [5.74, 6) is -0.404. The molecule has 2 N–H and O–H groups in total. The van der Waals surface area contributed by atoms with Gasteiger partial charge in [0.15, 0.2) is 5.82 Å². The molecule has 0 radical (unpaired) electrons. The summed E-state index contributed by atoms with van der Waals surface area (Å²) in [6.45, 7) is 2.61. The Labute approximate surface area is 243 Å². The Kier molecular flexibility index (Phi) is 6.10. The van der Waals surface area contributed by atoms with E-state index in [0.29, 0.717) is 42.8 Å². The number of aromatic amines is 1. The van der Waals surface area contributed by atoms with Crippen LogP contribution in [0, 0.1) is 5.82 Å². The maximum absolute atomic E-state index is 16.5. The van der Waals surface area contributed by atoms with Gasteiger partial charge in [-0.15, -0.1) is 0 Å². The van der Waals surface area contributed by atoms with E-state index in [1.165, 1.54) is 18.3 Å². The van der Waals surface area contributed by atoms with Gasteiger partial charge in [-0.05, 0) is 56.0 Å². The van der Waals surface area contributed by atoms with Crippen molar-refractivity contribution in [3.05, 3.63) is 41.8 Å². The molecule has 2 aromatic carbocycles. The monoisotopic (exact) mass is 599 g/mol. The van der Waals surface area contributed by atoms with Gasteiger partial charge in [0, 0.05) is 54.5 Å². The van der Waals surface area contributed by atoms with Crippen LogP contribution in [-0.2, 0) is 6.18 Å². The maximum Gasteiger partial charge on any atom is 0.417 e. The number of hydrogen-bond donors (Lipinski definition) is 2. The van der Waals surface area contributed by atoms with E-state index in [2.05, 4.69) is 30.3 Å². The number of rotatable bonds is 5. The molecule has 2 aromatic heterocycles. The number of nitrogens with one attached hydrogen (secondary N) is 2. The Morgan fingerprint density at radius 3 is 2.65 bits per heavy atom. The predicted octanol–water partition coefficient (Wildman–Crippen LogP) is 5.23. The first kappa shape index (κ1) is 27.0. The number of benzene rings is 2. The Balaban J connectivity index is 1.25. The lowest BCUT2D eigenvalue weighted by Crippen LogP contribution is -2.51. The molecule has 8 nitrogen and oxygen atoms in total. The average Bonchev–Trinajstić information content (AvgIpc) is 3.74. The zero-order chi connectivity index (χ0) is 29.5. The van der Waals surface area contributed by atoms with Gasteiger partial charge in [-0.3, -0.25) is 10.00 Å². The molecule has 13 heteroatoms. The fourth-order valence-corrected chi connectivity index (χ4v) is 7.71. The zero-order valence-corrected chi connectivity index (χ0v) is 23.2. The number of H-pyrrole nitrogens is 1. The third-order valence-electron chi connectivity index (χ3n) is 9.69. The third-order valence-corrected chi connectivity index (χ3v) is 9.69. The Bertz CT molecular complexity index is 1710. The molecule has 0 aliphatic carbocycles. The summed E-state index contributed by atoms with van der Waals surface area (Å²) >= 11 is 0. The van der Waals surface area contributed by atoms with Crippen molar-refractivity contribution in [2.45, 2.75) is 62.1 Å². The smallest absolute Gasteiger partial charge is 0.417 e. The van der Waals surface area contributed by atoms with Gasteiger partial charge in [-0.1, -0.05) is 6.07 Å². The van der Waals surface area contributed by atoms with E-state index in [1.807, 2.05) is 0 Å². The molecule has 4 atom stereocenters. The molecule has 4 fully saturated rings. The first-order valence-electron chi connectivity index (χ1n) is 14.7. The van der Waals surface area contributed by atoms with Crippen LogP contribution in [0.15, 0.2) is 30.5 Å². The van der Waals surface area contributed by atoms with Gasteiger partial charge in [0.25, 0.3) is 0 Å². The highest BCUT2D eigenvalue weighted by Crippen LogP contribution is 2.43. The lowest BCUT2D eigenvalue weighted by Gasteiger charge is -2.34. The quantitative estimate of drug-likeness (QED) is 0.304. The molecule has 0 saturated carbocycles. The normalized spacial score (nSPS) is 27.5. The van der Waals surface area contributed by atoms with Crippen LogP contribution in [0.3, 0.4) is 0 Å². The lowest BCUT2D eigenvalue weighted by molar-refractivity contribution is -0.137. The SMILES string of the molecule is Fc1c(-c2cc3[nH]ncc3cc2C(F)(F)F)ccc2c(N3C[C@H]4CC[C@@H](C3)N4)nc(OC[C@@]34CCCN3C[C@H](F)C4)nc12. The van der Waals surface area contributed by atoms with Crippen LogP contribution < -0.4 is 15.0 Å². The largest absolute Gasteiger partial charge is 0.461 e. The number of piperazine rings is 1. The van der Waals surface area contributed by atoms with Crippen LogP contribution in [-0.4, -0.2) is 81.6 Å². The third kappa shape index (κ3) is 4.50. The van der Waals surface area contributed by atoms with E-state index in [-0.39, 0.29) is 46.7 Å². The number of alkyl halides is 4. The lowest BCUT2D eigenvalue weighted by atomic mass is 9.95. The molecule has 6 heterocycles. The summed E-state index contributed by atoms with van der Waals surface area (Å²) in [5, 5.41) is 10.8. The van der Waals surface area contributed by atoms with Crippen molar-refractivity contribution in [1.82, 2.24) is 30.4 Å². The molecule has 4 aromatic rings. The molecule has 4 saturated heterocycles. The highest BCUT2D eigenvalue weighted by atomic mass is 19.4. The Morgan fingerprint density at radius 2 is 1.86 bits per heavy atom. The van der Waals surface area contributed by atoms with Gasteiger partial charge in [0.1, 0.15) is 24.1 Å². The standard InChI is InChI=1S/C30H30F5N7O/c31-17-10-29(6-1-7-42(29)12-17)15-43-28-38-26-21(27(39-28)41-13-18-2-3-19(14-41)37-18)5-4-20(25(26)32)22-9-24-16(11-36-40-24)8-23(22)30(33,34)35/h4-5,8-9,11,17-19,37H,1-3,6-7,10,12-15H2,(H,36,40)/t17-,18-,19+,29+/m1/s1. The van der Waals surface area contributed by atoms with Gasteiger partial charge in [-0.25, -0.2) is 8.78 Å². The van der Waals surface area contributed by atoms with Crippen molar-refractivity contribution >= 4 is 27.6 Å². The Morgan fingerprint density at radius 1 is 1.05 bits per heavy atom. The molecule has 226 valence electrons. The summed E-state index contributed by atoms with van der Waals surface area (Å²) in [7, 11) is 0. The number of nitrogens with zero attached hydrogens (tertiary/aromatic N) is 5. The molecule has 0 spiro atoms. The van der Waals surface area contributed by atoms with E-state index in [0.717, 1.165) is 38.3 Å². The average molecular weight is 600 g/mol. The summed E-state index contributed by atoms with van der Waals surface area (Å²) < 4.78 is 79.7. The number of halogens is 5. The van der Waals surface area contributed by atoms with E-state index in [9.17, 15) is 17.6 Å². The molecular weight excluding hydrogens is 569 g/mol. The topological polar surface area (TPSA) is 82.2 Å². The predicted molar refractivity (Wildman–Crippen MR) is 150 cm³/mol. The van der Waals surface area contributed by atoms with Crippen LogP contribution in [0.2, 0.25) is 0 Å². The minimum Gasteiger partial charge on any atom is -0.461 e. The zero-order valence-electron chi connectivity index (χ0n) is 23.2. The van der Waals surface area contributed by atoms with Gasteiger partial charge >= 0.3 is 12.2 Å². The second kappa shape index (κ2) is 9.71. The van der Waals surface area contributed by atoms with Crippen LogP contribution in [0.25, 0.3) is 32.9 Å². The number of hydrogen-bond acceptors (Lipinski definition) is 7. The molecular formula is C30H30F5N7O. The summed E-state index contributed by atoms with van der Waals surface area (Å²) in [5.41, 5.74) is -1.73. The second-order valence-corrected chi connectivity index (χ2v) is 12.4. The van der Waals surface area contributed by atoms with Crippen molar-refractivity contribution in [3.63, 3.8) is 0 Å². The van der Waals surface area contributed by atoms with Crippen LogP contribution in [0.4, 0.5) is 27.8 Å². The minimum atomic E-state index is -4.73. The summed E-state index contributed by atoms with van der Waals surface area (Å²) in [6.07, 6.45) is -0.263. The number of ether oxygens (including phenoxy) is 1. The molecule has 43 heavy (non-hydrogen) atoms. The highest BCUT2D eigenvalue weighted by molar-refractivity contribution is 5.95. The molecule has 2 bridgehead atoms. The molecule has 0 unspecified atom stereocenters. The van der Waals surface area contributed by atoms with Crippen molar-refractivity contribution in [3.8, 4) is 17.1 Å². The van der Waals surface area contributed by atoms with Crippen LogP contribution in [0.1, 0.15) is 37.7 Å². The highest BCUT2D eigenvalue weighted by Gasteiger charge is 2.49. The van der Waals surface area contributed by atoms with Gasteiger partial charge in [0.05, 0.1) is 22.8 Å². The van der Waals surface area contributed by atoms with E-state index < -0.39 is 29.3 Å². The van der Waals surface area contributed by atoms with Crippen molar-refractivity contribution in [1.29, 1.82) is 0 Å².